The number of hydrogen-bond donors (Lipinski definition) is 2. The summed E-state index contributed by atoms with van der Waals surface area (Å²) in [6.07, 6.45) is -4.54. The van der Waals surface area contributed by atoms with Crippen molar-refractivity contribution in [1.29, 1.82) is 5.26 Å². The average Bonchev–Trinajstić information content (AvgIpc) is 2.70. The van der Waals surface area contributed by atoms with E-state index in [1.54, 1.807) is 19.1 Å². The Balaban J connectivity index is 1.96. The number of rotatable bonds is 7. The zero-order valence-electron chi connectivity index (χ0n) is 16.7. The maximum absolute atomic E-state index is 13.0. The predicted octanol–water partition coefficient (Wildman–Crippen LogP) is 3.44. The van der Waals surface area contributed by atoms with Crippen molar-refractivity contribution in [1.82, 2.24) is 15.0 Å². The highest BCUT2D eigenvalue weighted by molar-refractivity contribution is 5.91. The van der Waals surface area contributed by atoms with E-state index >= 15 is 0 Å². The molecule has 11 heteroatoms. The van der Waals surface area contributed by atoms with Gasteiger partial charge in [-0.15, -0.1) is 0 Å². The Bertz CT molecular complexity index is 1140. The highest BCUT2D eigenvalue weighted by atomic mass is 19.4. The molecule has 3 aromatic rings. The van der Waals surface area contributed by atoms with E-state index in [9.17, 15) is 18.4 Å². The number of alkyl halides is 3. The van der Waals surface area contributed by atoms with Crippen LogP contribution in [0.15, 0.2) is 24.3 Å². The summed E-state index contributed by atoms with van der Waals surface area (Å²) < 4.78 is 49.7. The third-order valence-electron chi connectivity index (χ3n) is 4.24. The van der Waals surface area contributed by atoms with E-state index in [4.69, 9.17) is 15.2 Å². The third-order valence-corrected chi connectivity index (χ3v) is 4.24. The zero-order chi connectivity index (χ0) is 22.6. The van der Waals surface area contributed by atoms with Crippen LogP contribution in [0.1, 0.15) is 22.6 Å². The largest absolute Gasteiger partial charge is 0.490 e. The first-order valence-electron chi connectivity index (χ1n) is 9.13. The Morgan fingerprint density at radius 2 is 1.90 bits per heavy atom. The van der Waals surface area contributed by atoms with Crippen LogP contribution in [0.4, 0.5) is 24.8 Å². The lowest BCUT2D eigenvalue weighted by molar-refractivity contribution is -0.137. The van der Waals surface area contributed by atoms with Crippen LogP contribution >= 0.6 is 0 Å². The molecule has 2 heterocycles. The van der Waals surface area contributed by atoms with Gasteiger partial charge in [-0.1, -0.05) is 0 Å². The summed E-state index contributed by atoms with van der Waals surface area (Å²) in [5, 5.41) is 12.9. The number of benzene rings is 1. The van der Waals surface area contributed by atoms with Crippen LogP contribution in [0.25, 0.3) is 10.9 Å². The molecule has 31 heavy (non-hydrogen) atoms. The van der Waals surface area contributed by atoms with E-state index in [-0.39, 0.29) is 24.7 Å². The molecule has 8 nitrogen and oxygen atoms in total. The van der Waals surface area contributed by atoms with Crippen molar-refractivity contribution in [3.8, 4) is 11.8 Å². The lowest BCUT2D eigenvalue weighted by Gasteiger charge is -2.14. The third kappa shape index (κ3) is 5.29. The van der Waals surface area contributed by atoms with Gasteiger partial charge in [0.15, 0.2) is 0 Å². The number of nitrogens with zero attached hydrogens (tertiary/aromatic N) is 4. The highest BCUT2D eigenvalue weighted by Gasteiger charge is 2.31. The van der Waals surface area contributed by atoms with Crippen molar-refractivity contribution in [3.63, 3.8) is 0 Å². The van der Waals surface area contributed by atoms with Crippen molar-refractivity contribution >= 4 is 22.5 Å². The fourth-order valence-electron chi connectivity index (χ4n) is 2.89. The summed E-state index contributed by atoms with van der Waals surface area (Å²) in [6, 6.07) is 6.94. The SMILES string of the molecule is COCCOc1cc2c(NCc3cc(C(F)(F)F)cc(N)n3)nc(C)nc2cc1C#N. The number of halogens is 3. The summed E-state index contributed by atoms with van der Waals surface area (Å²) >= 11 is 0. The Morgan fingerprint density at radius 3 is 2.58 bits per heavy atom. The first kappa shape index (κ1) is 22.0. The van der Waals surface area contributed by atoms with Crippen molar-refractivity contribution in [2.45, 2.75) is 19.6 Å². The number of hydrogen-bond acceptors (Lipinski definition) is 8. The number of nitrogens with one attached hydrogen (secondary N) is 1. The van der Waals surface area contributed by atoms with Crippen LogP contribution in [-0.4, -0.2) is 35.3 Å². The van der Waals surface area contributed by atoms with E-state index < -0.39 is 11.7 Å². The van der Waals surface area contributed by atoms with E-state index in [2.05, 4.69) is 26.3 Å². The summed E-state index contributed by atoms with van der Waals surface area (Å²) in [6.45, 7) is 2.18. The first-order valence-corrected chi connectivity index (χ1v) is 9.13. The topological polar surface area (TPSA) is 119 Å². The second-order valence-electron chi connectivity index (χ2n) is 6.56. The maximum atomic E-state index is 13.0. The molecule has 0 fully saturated rings. The zero-order valence-corrected chi connectivity index (χ0v) is 16.7. The highest BCUT2D eigenvalue weighted by Crippen LogP contribution is 2.31. The monoisotopic (exact) mass is 432 g/mol. The van der Waals surface area contributed by atoms with Gasteiger partial charge in [-0.05, 0) is 31.2 Å². The van der Waals surface area contributed by atoms with Crippen molar-refractivity contribution in [2.24, 2.45) is 0 Å². The standard InChI is InChI=1S/C20H19F3N6O2/c1-11-27-16-5-12(9-24)17(31-4-3-30-2)8-15(16)19(28-11)26-10-14-6-13(20(21,22)23)7-18(25)29-14/h5-8H,3-4,10H2,1-2H3,(H2,25,29)(H,26,27,28). The van der Waals surface area contributed by atoms with Gasteiger partial charge in [0, 0.05) is 12.5 Å². The number of aryl methyl sites for hydroxylation is 1. The first-order chi connectivity index (χ1) is 14.7. The Morgan fingerprint density at radius 1 is 1.13 bits per heavy atom. The molecule has 162 valence electrons. The Hall–Kier alpha value is -3.65. The van der Waals surface area contributed by atoms with Crippen LogP contribution in [-0.2, 0) is 17.5 Å². The molecule has 3 rings (SSSR count). The number of ether oxygens (including phenoxy) is 2. The number of fused-ring (bicyclic) bond motifs is 1. The quantitative estimate of drug-likeness (QED) is 0.545. The lowest BCUT2D eigenvalue weighted by Crippen LogP contribution is -2.11. The number of anilines is 2. The number of methoxy groups -OCH3 is 1. The molecule has 0 aliphatic rings. The number of nitriles is 1. The van der Waals surface area contributed by atoms with Gasteiger partial charge in [0.25, 0.3) is 0 Å². The van der Waals surface area contributed by atoms with E-state index in [0.717, 1.165) is 12.1 Å². The molecule has 0 bridgehead atoms. The Kier molecular flexibility index (Phi) is 6.41. The average molecular weight is 432 g/mol. The van der Waals surface area contributed by atoms with Gasteiger partial charge in [-0.3, -0.25) is 0 Å². The fraction of sp³-hybridized carbons (Fsp3) is 0.300. The van der Waals surface area contributed by atoms with Gasteiger partial charge in [0.1, 0.15) is 35.9 Å². The molecule has 0 saturated carbocycles. The molecule has 0 amide bonds. The molecule has 0 radical (unpaired) electrons. The molecule has 0 atom stereocenters. The number of aromatic nitrogens is 3. The summed E-state index contributed by atoms with van der Waals surface area (Å²) in [5.74, 6) is 0.872. The molecule has 0 aliphatic carbocycles. The number of pyridine rings is 1. The molecular weight excluding hydrogens is 413 g/mol. The molecule has 3 N–H and O–H groups in total. The van der Waals surface area contributed by atoms with E-state index in [1.165, 1.54) is 7.11 Å². The van der Waals surface area contributed by atoms with Crippen molar-refractivity contribution in [3.05, 3.63) is 46.9 Å². The fourth-order valence-corrected chi connectivity index (χ4v) is 2.89. The van der Waals surface area contributed by atoms with Gasteiger partial charge in [-0.25, -0.2) is 15.0 Å². The van der Waals surface area contributed by atoms with Crippen molar-refractivity contribution in [2.75, 3.05) is 31.4 Å². The predicted molar refractivity (Wildman–Crippen MR) is 107 cm³/mol. The molecule has 1 aromatic carbocycles. The number of nitrogens with two attached hydrogens (primary N) is 1. The van der Waals surface area contributed by atoms with E-state index in [0.29, 0.717) is 40.5 Å². The van der Waals surface area contributed by atoms with Crippen LogP contribution in [0.2, 0.25) is 0 Å². The molecule has 2 aromatic heterocycles. The molecular formula is C20H19F3N6O2. The normalized spacial score (nSPS) is 11.4. The summed E-state index contributed by atoms with van der Waals surface area (Å²) in [7, 11) is 1.53. The van der Waals surface area contributed by atoms with Crippen LogP contribution in [0, 0.1) is 18.3 Å². The Labute approximate surface area is 175 Å². The van der Waals surface area contributed by atoms with Gasteiger partial charge >= 0.3 is 6.18 Å². The van der Waals surface area contributed by atoms with E-state index in [1.807, 2.05) is 0 Å². The lowest BCUT2D eigenvalue weighted by atomic mass is 10.1. The molecule has 0 spiro atoms. The van der Waals surface area contributed by atoms with Gasteiger partial charge in [0.2, 0.25) is 0 Å². The second kappa shape index (κ2) is 9.01. The maximum Gasteiger partial charge on any atom is 0.416 e. The van der Waals surface area contributed by atoms with Gasteiger partial charge < -0.3 is 20.5 Å². The minimum absolute atomic E-state index is 0.0560. The number of nitrogen functional groups attached to an aromatic ring is 1. The smallest absolute Gasteiger partial charge is 0.416 e. The molecule has 0 unspecified atom stereocenters. The van der Waals surface area contributed by atoms with Gasteiger partial charge in [-0.2, -0.15) is 18.4 Å². The minimum Gasteiger partial charge on any atom is -0.490 e. The molecule has 0 saturated heterocycles. The molecule has 0 aliphatic heterocycles. The summed E-state index contributed by atoms with van der Waals surface area (Å²) in [4.78, 5) is 12.6. The van der Waals surface area contributed by atoms with Crippen molar-refractivity contribution < 1.29 is 22.6 Å². The summed E-state index contributed by atoms with van der Waals surface area (Å²) in [5.41, 5.74) is 5.52. The van der Waals surface area contributed by atoms with Crippen LogP contribution < -0.4 is 15.8 Å². The van der Waals surface area contributed by atoms with Crippen LogP contribution in [0.3, 0.4) is 0 Å². The second-order valence-corrected chi connectivity index (χ2v) is 6.56. The van der Waals surface area contributed by atoms with Crippen LogP contribution in [0.5, 0.6) is 5.75 Å². The minimum atomic E-state index is -4.54. The van der Waals surface area contributed by atoms with Gasteiger partial charge in [0.05, 0.1) is 35.5 Å².